The van der Waals surface area contributed by atoms with Crippen LogP contribution in [0.25, 0.3) is 5.76 Å². The third-order valence-electron chi connectivity index (χ3n) is 5.55. The molecule has 0 saturated carbocycles. The first-order chi connectivity index (χ1) is 15.2. The molecule has 3 aromatic rings. The molecule has 1 unspecified atom stereocenters. The molecule has 2 N–H and O–H groups in total. The molecule has 1 fully saturated rings. The van der Waals surface area contributed by atoms with Crippen molar-refractivity contribution in [1.29, 1.82) is 0 Å². The van der Waals surface area contributed by atoms with E-state index in [0.29, 0.717) is 28.4 Å². The summed E-state index contributed by atoms with van der Waals surface area (Å²) in [6, 6.07) is 12.1. The quantitative estimate of drug-likeness (QED) is 0.356. The van der Waals surface area contributed by atoms with Crippen molar-refractivity contribution in [3.05, 3.63) is 82.3 Å². The van der Waals surface area contributed by atoms with Gasteiger partial charge in [0.2, 0.25) is 0 Å². The van der Waals surface area contributed by atoms with Crippen LogP contribution in [-0.4, -0.2) is 29.0 Å². The largest absolute Gasteiger partial charge is 0.507 e. The number of anilines is 1. The molecule has 1 aliphatic heterocycles. The summed E-state index contributed by atoms with van der Waals surface area (Å²) in [5, 5.41) is 21.7. The number of ketones is 1. The Labute approximate surface area is 185 Å². The zero-order valence-electron chi connectivity index (χ0n) is 18.2. The molecular weight excluding hydrogens is 410 g/mol. The van der Waals surface area contributed by atoms with Gasteiger partial charge in [-0.05, 0) is 74.4 Å². The molecule has 1 atom stereocenters. The van der Waals surface area contributed by atoms with E-state index in [-0.39, 0.29) is 22.8 Å². The van der Waals surface area contributed by atoms with E-state index in [1.807, 2.05) is 6.92 Å². The van der Waals surface area contributed by atoms with Crippen molar-refractivity contribution in [3.63, 3.8) is 0 Å². The second-order valence-electron chi connectivity index (χ2n) is 7.79. The fraction of sp³-hybridized carbons (Fsp3) is 0.200. The van der Waals surface area contributed by atoms with Gasteiger partial charge >= 0.3 is 0 Å². The number of benzene rings is 2. The second-order valence-corrected chi connectivity index (χ2v) is 7.79. The number of amides is 1. The van der Waals surface area contributed by atoms with Crippen LogP contribution in [0.4, 0.5) is 5.69 Å². The summed E-state index contributed by atoms with van der Waals surface area (Å²) in [5.41, 5.74) is 1.90. The third-order valence-corrected chi connectivity index (χ3v) is 5.55. The van der Waals surface area contributed by atoms with Gasteiger partial charge in [-0.25, -0.2) is 0 Å². The average Bonchev–Trinajstić information content (AvgIpc) is 3.30. The lowest BCUT2D eigenvalue weighted by molar-refractivity contribution is -0.132. The van der Waals surface area contributed by atoms with Crippen molar-refractivity contribution in [2.45, 2.75) is 26.8 Å². The number of aryl methyl sites for hydroxylation is 3. The van der Waals surface area contributed by atoms with E-state index in [2.05, 4.69) is 0 Å². The summed E-state index contributed by atoms with van der Waals surface area (Å²) < 4.78 is 11.0. The highest BCUT2D eigenvalue weighted by molar-refractivity contribution is 6.51. The maximum Gasteiger partial charge on any atom is 0.300 e. The molecule has 7 nitrogen and oxygen atoms in total. The van der Waals surface area contributed by atoms with Crippen LogP contribution in [0, 0.1) is 20.8 Å². The molecule has 1 amide bonds. The molecule has 7 heteroatoms. The standard InChI is InChI=1S/C25H23NO6/c1-13-5-9-19(27)18(11-13)26-22(20-10-6-15(3)32-20)21(24(29)25(26)30)23(28)17-8-7-16(31-4)12-14(17)2/h5-12,22,27-28H,1-4H3/b23-21-. The molecule has 0 radical (unpaired) electrons. The van der Waals surface area contributed by atoms with E-state index in [0.717, 1.165) is 5.56 Å². The molecule has 2 aromatic carbocycles. The number of methoxy groups -OCH3 is 1. The van der Waals surface area contributed by atoms with Gasteiger partial charge in [-0.15, -0.1) is 0 Å². The number of carbonyl (C=O) groups is 2. The molecule has 1 saturated heterocycles. The molecule has 1 aromatic heterocycles. The number of carbonyl (C=O) groups excluding carboxylic acids is 2. The molecule has 0 bridgehead atoms. The Bertz CT molecular complexity index is 1270. The highest BCUT2D eigenvalue weighted by Crippen LogP contribution is 2.45. The number of aliphatic hydroxyl groups is 1. The molecule has 1 aliphatic rings. The molecule has 164 valence electrons. The minimum absolute atomic E-state index is 0.112. The number of furan rings is 1. The summed E-state index contributed by atoms with van der Waals surface area (Å²) >= 11 is 0. The Morgan fingerprint density at radius 3 is 2.41 bits per heavy atom. The Morgan fingerprint density at radius 1 is 1.03 bits per heavy atom. The molecule has 0 spiro atoms. The molecule has 0 aliphatic carbocycles. The van der Waals surface area contributed by atoms with Crippen LogP contribution < -0.4 is 9.64 Å². The van der Waals surface area contributed by atoms with Crippen LogP contribution in [0.15, 0.2) is 58.5 Å². The highest BCUT2D eigenvalue weighted by atomic mass is 16.5. The maximum atomic E-state index is 13.2. The number of phenols is 1. The first-order valence-corrected chi connectivity index (χ1v) is 10.0. The van der Waals surface area contributed by atoms with Gasteiger partial charge in [0.25, 0.3) is 11.7 Å². The number of hydrogen-bond acceptors (Lipinski definition) is 6. The van der Waals surface area contributed by atoms with Crippen molar-refractivity contribution in [2.75, 3.05) is 12.0 Å². The van der Waals surface area contributed by atoms with Gasteiger partial charge in [0.1, 0.15) is 34.8 Å². The normalized spacial score (nSPS) is 17.8. The zero-order chi connectivity index (χ0) is 23.2. The van der Waals surface area contributed by atoms with E-state index < -0.39 is 17.7 Å². The number of ether oxygens (including phenoxy) is 1. The van der Waals surface area contributed by atoms with Crippen LogP contribution in [0.3, 0.4) is 0 Å². The van der Waals surface area contributed by atoms with Crippen molar-refractivity contribution in [1.82, 2.24) is 0 Å². The predicted molar refractivity (Wildman–Crippen MR) is 119 cm³/mol. The fourth-order valence-electron chi connectivity index (χ4n) is 3.95. The maximum absolute atomic E-state index is 13.2. The smallest absolute Gasteiger partial charge is 0.300 e. The first-order valence-electron chi connectivity index (χ1n) is 10.0. The Kier molecular flexibility index (Phi) is 5.26. The number of rotatable bonds is 4. The van der Waals surface area contributed by atoms with E-state index in [4.69, 9.17) is 9.15 Å². The fourth-order valence-corrected chi connectivity index (χ4v) is 3.95. The van der Waals surface area contributed by atoms with Crippen LogP contribution in [-0.2, 0) is 9.59 Å². The van der Waals surface area contributed by atoms with Gasteiger partial charge in [-0.2, -0.15) is 0 Å². The van der Waals surface area contributed by atoms with E-state index in [1.54, 1.807) is 56.3 Å². The van der Waals surface area contributed by atoms with Crippen LogP contribution in [0.5, 0.6) is 11.5 Å². The van der Waals surface area contributed by atoms with Gasteiger partial charge < -0.3 is 19.4 Å². The highest BCUT2D eigenvalue weighted by Gasteiger charge is 2.49. The molecule has 4 rings (SSSR count). The topological polar surface area (TPSA) is 100 Å². The van der Waals surface area contributed by atoms with Gasteiger partial charge in [0, 0.05) is 5.56 Å². The number of nitrogens with zero attached hydrogens (tertiary/aromatic N) is 1. The van der Waals surface area contributed by atoms with Crippen molar-refractivity contribution < 1.29 is 29.0 Å². The first kappa shape index (κ1) is 21.2. The van der Waals surface area contributed by atoms with Crippen molar-refractivity contribution in [3.8, 4) is 11.5 Å². The minimum Gasteiger partial charge on any atom is -0.507 e. The van der Waals surface area contributed by atoms with Crippen LogP contribution in [0.1, 0.15) is 34.3 Å². The van der Waals surface area contributed by atoms with E-state index >= 15 is 0 Å². The number of hydrogen-bond donors (Lipinski definition) is 2. The Hall–Kier alpha value is -4.00. The van der Waals surface area contributed by atoms with E-state index in [9.17, 15) is 19.8 Å². The summed E-state index contributed by atoms with van der Waals surface area (Å²) in [7, 11) is 1.54. The average molecular weight is 433 g/mol. The third kappa shape index (κ3) is 3.41. The minimum atomic E-state index is -1.04. The number of Topliss-reactive ketones (excluding diaryl/α,β-unsaturated/α-hetero) is 1. The van der Waals surface area contributed by atoms with Gasteiger partial charge in [0.05, 0.1) is 18.4 Å². The summed E-state index contributed by atoms with van der Waals surface area (Å²) in [6.07, 6.45) is 0. The summed E-state index contributed by atoms with van der Waals surface area (Å²) in [6.45, 7) is 5.33. The van der Waals surface area contributed by atoms with Crippen LogP contribution in [0.2, 0.25) is 0 Å². The molecule has 2 heterocycles. The lowest BCUT2D eigenvalue weighted by Gasteiger charge is -2.24. The number of aromatic hydroxyl groups is 1. The lowest BCUT2D eigenvalue weighted by atomic mass is 9.96. The van der Waals surface area contributed by atoms with E-state index in [1.165, 1.54) is 18.1 Å². The molecular formula is C25H23NO6. The number of aliphatic hydroxyl groups excluding tert-OH is 1. The van der Waals surface area contributed by atoms with Gasteiger partial charge in [0.15, 0.2) is 0 Å². The van der Waals surface area contributed by atoms with Gasteiger partial charge in [-0.3, -0.25) is 14.5 Å². The zero-order valence-corrected chi connectivity index (χ0v) is 18.2. The van der Waals surface area contributed by atoms with Gasteiger partial charge in [-0.1, -0.05) is 6.07 Å². The summed E-state index contributed by atoms with van der Waals surface area (Å²) in [4.78, 5) is 27.5. The monoisotopic (exact) mass is 433 g/mol. The molecule has 32 heavy (non-hydrogen) atoms. The second kappa shape index (κ2) is 7.92. The predicted octanol–water partition coefficient (Wildman–Crippen LogP) is 4.55. The summed E-state index contributed by atoms with van der Waals surface area (Å²) in [5.74, 6) is -0.726. The Morgan fingerprint density at radius 2 is 1.78 bits per heavy atom. The van der Waals surface area contributed by atoms with Crippen molar-refractivity contribution >= 4 is 23.1 Å². The SMILES string of the molecule is COc1ccc(/C(O)=C2/C(=O)C(=O)N(c3cc(C)ccc3O)C2c2ccc(C)o2)c(C)c1. The lowest BCUT2D eigenvalue weighted by Crippen LogP contribution is -2.29. The van der Waals surface area contributed by atoms with Crippen LogP contribution >= 0.6 is 0 Å². The number of phenolic OH excluding ortho intramolecular Hbond substituents is 1. The Balaban J connectivity index is 1.97. The van der Waals surface area contributed by atoms with Crippen molar-refractivity contribution in [2.24, 2.45) is 0 Å².